The number of aryl methyl sites for hydroxylation is 2. The highest BCUT2D eigenvalue weighted by Crippen LogP contribution is 2.31. The second kappa shape index (κ2) is 39.0. The van der Waals surface area contributed by atoms with Gasteiger partial charge in [-0.1, -0.05) is 36.2 Å². The van der Waals surface area contributed by atoms with E-state index in [-0.39, 0.29) is 129 Å². The van der Waals surface area contributed by atoms with Crippen molar-refractivity contribution in [3.8, 4) is 5.75 Å². The van der Waals surface area contributed by atoms with Crippen LogP contribution in [0.15, 0.2) is 59.7 Å². The normalized spacial score (nSPS) is 17.7. The van der Waals surface area contributed by atoms with E-state index in [2.05, 4.69) is 48.3 Å². The Morgan fingerprint density at radius 2 is 1.29 bits per heavy atom. The van der Waals surface area contributed by atoms with Crippen molar-refractivity contribution in [3.63, 3.8) is 0 Å². The summed E-state index contributed by atoms with van der Waals surface area (Å²) in [4.78, 5) is 135. The molecule has 3 aromatic rings. The number of carboxylic acid groups (broad SMARTS) is 3. The van der Waals surface area contributed by atoms with Gasteiger partial charge in [-0.05, 0) is 75.3 Å². The van der Waals surface area contributed by atoms with Gasteiger partial charge in [-0.2, -0.15) is 0 Å². The van der Waals surface area contributed by atoms with Crippen LogP contribution in [0.3, 0.4) is 0 Å². The minimum absolute atomic E-state index is 0.0450. The number of fused-ring (bicyclic) bond motifs is 1. The lowest BCUT2D eigenvalue weighted by molar-refractivity contribution is -0.140. The van der Waals surface area contributed by atoms with Gasteiger partial charge in [0.2, 0.25) is 29.5 Å². The fourth-order valence-corrected chi connectivity index (χ4v) is 11.3. The molecule has 93 heavy (non-hydrogen) atoms. The van der Waals surface area contributed by atoms with Crippen molar-refractivity contribution in [1.29, 1.82) is 0 Å². The molecule has 6 amide bonds. The number of alkyl halides is 2. The molecule has 6 rings (SSSR count). The number of ether oxygens (including phenoxy) is 2. The largest absolute Gasteiger partial charge is 0.494 e. The van der Waals surface area contributed by atoms with Crippen molar-refractivity contribution >= 4 is 70.5 Å². The van der Waals surface area contributed by atoms with Crippen molar-refractivity contribution in [2.45, 2.75) is 89.1 Å². The van der Waals surface area contributed by atoms with Gasteiger partial charge in [0.25, 0.3) is 11.8 Å². The van der Waals surface area contributed by atoms with Gasteiger partial charge < -0.3 is 55.9 Å². The van der Waals surface area contributed by atoms with E-state index in [1.165, 1.54) is 31.1 Å². The summed E-state index contributed by atoms with van der Waals surface area (Å²) >= 11 is 0. The number of benzene rings is 2. The first-order valence-corrected chi connectivity index (χ1v) is 32.0. The summed E-state index contributed by atoms with van der Waals surface area (Å²) in [6.45, 7) is 5.70. The Balaban J connectivity index is 0.918. The number of likely N-dealkylation sites (tertiary alicyclic amines) is 1. The topological polar surface area (TPSA) is 329 Å². The van der Waals surface area contributed by atoms with E-state index in [0.717, 1.165) is 23.4 Å². The van der Waals surface area contributed by atoms with E-state index >= 15 is 0 Å². The van der Waals surface area contributed by atoms with E-state index < -0.39 is 79.1 Å². The van der Waals surface area contributed by atoms with Crippen molar-refractivity contribution in [3.05, 3.63) is 71.4 Å². The molecule has 2 aromatic carbocycles. The molecule has 3 aliphatic rings. The van der Waals surface area contributed by atoms with Crippen LogP contribution in [0.2, 0.25) is 0 Å². The fourth-order valence-electron chi connectivity index (χ4n) is 11.3. The number of hydrogen-bond acceptors (Lipinski definition) is 18. The number of nitrogens with zero attached hydrogens (tertiary/aromatic N) is 9. The number of aliphatic imine (C=N–C) groups is 1. The number of halogens is 2. The van der Waals surface area contributed by atoms with Gasteiger partial charge in [-0.25, -0.2) is 8.78 Å². The Hall–Kier alpha value is -7.83. The average molecular weight is 1310 g/mol. The van der Waals surface area contributed by atoms with E-state index in [9.17, 15) is 67.3 Å². The van der Waals surface area contributed by atoms with Crippen LogP contribution in [-0.4, -0.2) is 296 Å². The molecule has 7 N–H and O–H groups in total. The molecule has 1 unspecified atom stereocenters. The molecule has 512 valence electrons. The lowest BCUT2D eigenvalue weighted by Crippen LogP contribution is -2.52. The van der Waals surface area contributed by atoms with Crippen LogP contribution in [0.25, 0.3) is 10.9 Å². The summed E-state index contributed by atoms with van der Waals surface area (Å²) in [6, 6.07) is 13.0. The number of unbranched alkanes of at least 4 members (excludes halogenated alkanes) is 2. The summed E-state index contributed by atoms with van der Waals surface area (Å²) in [7, 11) is 1.45. The molecule has 0 radical (unpaired) electrons. The van der Waals surface area contributed by atoms with Gasteiger partial charge in [0.05, 0.1) is 69.6 Å². The number of hydrogen-bond donors (Lipinski definition) is 7. The number of amides is 6. The first kappa shape index (κ1) is 74.2. The molecule has 3 aliphatic heterocycles. The van der Waals surface area contributed by atoms with Gasteiger partial charge in [0.15, 0.2) is 0 Å². The molecule has 0 aliphatic carbocycles. The number of carbonyl (C=O) groups excluding carboxylic acids is 6. The monoisotopic (exact) mass is 1310 g/mol. The maximum absolute atomic E-state index is 14.1. The van der Waals surface area contributed by atoms with Crippen molar-refractivity contribution in [2.24, 2.45) is 4.99 Å². The zero-order chi connectivity index (χ0) is 67.1. The molecule has 4 heterocycles. The summed E-state index contributed by atoms with van der Waals surface area (Å²) in [5, 5.41) is 40.5. The van der Waals surface area contributed by atoms with E-state index in [1.54, 1.807) is 37.8 Å². The van der Waals surface area contributed by atoms with Crippen molar-refractivity contribution in [1.82, 2.24) is 60.6 Å². The zero-order valence-corrected chi connectivity index (χ0v) is 53.6. The molecule has 0 spiro atoms. The average Bonchev–Trinajstić information content (AvgIpc) is 1.86. The summed E-state index contributed by atoms with van der Waals surface area (Å²) < 4.78 is 40.2. The van der Waals surface area contributed by atoms with Crippen LogP contribution in [-0.2, 0) is 49.5 Å². The second-order valence-electron chi connectivity index (χ2n) is 23.8. The second-order valence-corrected chi connectivity index (χ2v) is 23.8. The summed E-state index contributed by atoms with van der Waals surface area (Å²) in [5.41, 5.74) is 3.10. The van der Waals surface area contributed by atoms with Gasteiger partial charge in [0, 0.05) is 149 Å². The van der Waals surface area contributed by atoms with Crippen molar-refractivity contribution in [2.75, 3.05) is 164 Å². The maximum Gasteiger partial charge on any atom is 0.317 e. The third-order valence-electron chi connectivity index (χ3n) is 16.4. The van der Waals surface area contributed by atoms with Crippen LogP contribution in [0.1, 0.15) is 79.3 Å². The number of pyridine rings is 1. The SMILES string of the molecule is CN=C[C@H]1CC(F)(F)CN1C(=O)CNC(=O)c1ccnc2ccc(OCCCN3CCN(C(=O)CCCCCNC(=O)C(CCOCCNC(=O)CCCc4ccc(C)cc4)NC(=O)CN4CCN(CC(=O)O)CCN(CC(=O)O)CCN(CC(=O)O)CC4)CC3)cc12. The van der Waals surface area contributed by atoms with E-state index in [1.807, 2.05) is 24.0 Å². The van der Waals surface area contributed by atoms with Gasteiger partial charge in [-0.3, -0.25) is 77.6 Å². The molecule has 2 atom stereocenters. The molecule has 3 saturated heterocycles. The smallest absolute Gasteiger partial charge is 0.317 e. The van der Waals surface area contributed by atoms with E-state index in [4.69, 9.17) is 9.47 Å². The Kier molecular flexibility index (Phi) is 31.1. The maximum atomic E-state index is 14.1. The molecule has 29 heteroatoms. The predicted octanol–water partition coefficient (Wildman–Crippen LogP) is 1.31. The third-order valence-corrected chi connectivity index (χ3v) is 16.4. The molecule has 0 bridgehead atoms. The predicted molar refractivity (Wildman–Crippen MR) is 341 cm³/mol. The molecular weight excluding hydrogens is 1210 g/mol. The molecule has 3 fully saturated rings. The minimum Gasteiger partial charge on any atom is -0.494 e. The minimum atomic E-state index is -3.05. The van der Waals surface area contributed by atoms with Crippen LogP contribution in [0.5, 0.6) is 5.75 Å². The lowest BCUT2D eigenvalue weighted by atomic mass is 10.1. The Labute approximate surface area is 541 Å². The molecule has 1 aromatic heterocycles. The van der Waals surface area contributed by atoms with Gasteiger partial charge in [0.1, 0.15) is 11.8 Å². The number of carboxylic acids is 3. The Bertz CT molecular complexity index is 2940. The number of rotatable bonds is 35. The Morgan fingerprint density at radius 1 is 0.667 bits per heavy atom. The van der Waals surface area contributed by atoms with Crippen LogP contribution < -0.4 is 26.0 Å². The summed E-state index contributed by atoms with van der Waals surface area (Å²) in [5.74, 6) is -7.98. The zero-order valence-electron chi connectivity index (χ0n) is 53.6. The Morgan fingerprint density at radius 3 is 1.91 bits per heavy atom. The molecule has 27 nitrogen and oxygen atoms in total. The quantitative estimate of drug-likeness (QED) is 0.0322. The standard InChI is InChI=1S/C64H93F2N13O14/c1-47-11-13-48(14-12-47)8-6-9-55(80)69-21-37-92-36-18-54(72-56(81)42-74-23-25-75(43-59(84)85)27-29-77(45-61(88)89)30-28-76(26-24-74)44-60(86)87)63(91)70-19-5-3-4-10-57(82)78-33-31-73(32-34-78)22-7-35-93-50-15-16-53-52(38-50)51(17-20-68-53)62(90)71-41-58(83)79-46-64(65,66)39-49(79)40-67-2/h11-17,20,38,40,49,54H,3-10,18-19,21-37,39,41-46H2,1-2H3,(H,69,80)(H,70,91)(H,71,90)(H,72,81)(H,84,85)(H,86,87)(H,88,89)/t49-,54?/m1/s1. The van der Waals surface area contributed by atoms with Crippen LogP contribution >= 0.6 is 0 Å². The molecular formula is C64H93F2N13O14. The third kappa shape index (κ3) is 27.3. The lowest BCUT2D eigenvalue weighted by Gasteiger charge is -2.34. The molecule has 0 saturated carbocycles. The number of piperazine rings is 1. The van der Waals surface area contributed by atoms with Gasteiger partial charge >= 0.3 is 17.9 Å². The summed E-state index contributed by atoms with van der Waals surface area (Å²) in [6.07, 6.45) is 6.99. The van der Waals surface area contributed by atoms with E-state index in [0.29, 0.717) is 94.4 Å². The highest BCUT2D eigenvalue weighted by Gasteiger charge is 2.46. The van der Waals surface area contributed by atoms with Gasteiger partial charge in [-0.15, -0.1) is 0 Å². The fraction of sp³-hybridized carbons (Fsp3) is 0.609. The highest BCUT2D eigenvalue weighted by molar-refractivity contribution is 6.07. The van der Waals surface area contributed by atoms with Crippen LogP contribution in [0.4, 0.5) is 8.78 Å². The first-order chi connectivity index (χ1) is 44.6. The first-order valence-electron chi connectivity index (χ1n) is 32.0. The van der Waals surface area contributed by atoms with Crippen molar-refractivity contribution < 1.29 is 76.7 Å². The highest BCUT2D eigenvalue weighted by atomic mass is 19.3. The van der Waals surface area contributed by atoms with Crippen LogP contribution in [0, 0.1) is 6.92 Å². The number of carbonyl (C=O) groups is 9. The number of aliphatic carboxylic acids is 3. The number of aromatic nitrogens is 1. The number of nitrogens with one attached hydrogen (secondary N) is 4.